The summed E-state index contributed by atoms with van der Waals surface area (Å²) in [6.45, 7) is -0.0113. The molecule has 1 N–H and O–H groups in total. The molecular formula is C11H6ClF3N4O. The highest BCUT2D eigenvalue weighted by Crippen LogP contribution is 2.34. The highest BCUT2D eigenvalue weighted by atomic mass is 35.5. The molecule has 0 radical (unpaired) electrons. The molecule has 0 aromatic carbocycles. The van der Waals surface area contributed by atoms with E-state index in [0.717, 1.165) is 6.07 Å². The van der Waals surface area contributed by atoms with Crippen molar-refractivity contribution in [2.45, 2.75) is 6.18 Å². The minimum atomic E-state index is -4.54. The topological polar surface area (TPSA) is 69.0 Å². The first-order chi connectivity index (χ1) is 9.36. The maximum Gasteiger partial charge on any atom is 0.417 e. The second-order valence-corrected chi connectivity index (χ2v) is 4.25. The third-order valence-electron chi connectivity index (χ3n) is 2.55. The second-order valence-electron chi connectivity index (χ2n) is 3.85. The summed E-state index contributed by atoms with van der Waals surface area (Å²) >= 11 is 5.76. The molecule has 20 heavy (non-hydrogen) atoms. The van der Waals surface area contributed by atoms with Crippen LogP contribution in [0.25, 0.3) is 0 Å². The van der Waals surface area contributed by atoms with Crippen LogP contribution in [0.2, 0.25) is 5.02 Å². The van der Waals surface area contributed by atoms with Gasteiger partial charge in [0.15, 0.2) is 12.1 Å². The smallest absolute Gasteiger partial charge is 0.296 e. The zero-order chi connectivity index (χ0) is 14.9. The van der Waals surface area contributed by atoms with Gasteiger partial charge < -0.3 is 0 Å². The number of hydrazine groups is 1. The average Bonchev–Trinajstić information content (AvgIpc) is 2.80. The molecule has 1 aromatic rings. The van der Waals surface area contributed by atoms with Crippen LogP contribution < -0.4 is 10.4 Å². The number of halogens is 4. The van der Waals surface area contributed by atoms with Crippen molar-refractivity contribution in [2.24, 2.45) is 0 Å². The molecule has 0 amide bonds. The summed E-state index contributed by atoms with van der Waals surface area (Å²) < 4.78 is 37.5. The van der Waals surface area contributed by atoms with Crippen LogP contribution in [0.15, 0.2) is 23.5 Å². The summed E-state index contributed by atoms with van der Waals surface area (Å²) in [5, 5.41) is 9.80. The zero-order valence-corrected chi connectivity index (χ0v) is 10.5. The molecule has 9 heteroatoms. The van der Waals surface area contributed by atoms with Crippen LogP contribution in [0.1, 0.15) is 5.56 Å². The number of aldehydes is 1. The van der Waals surface area contributed by atoms with E-state index in [0.29, 0.717) is 12.5 Å². The number of hydrogen-bond donors (Lipinski definition) is 1. The lowest BCUT2D eigenvalue weighted by Gasteiger charge is -2.19. The Morgan fingerprint density at radius 3 is 2.70 bits per heavy atom. The lowest BCUT2D eigenvalue weighted by atomic mass is 10.2. The van der Waals surface area contributed by atoms with Crippen LogP contribution in [0.4, 0.5) is 19.0 Å². The van der Waals surface area contributed by atoms with E-state index in [2.05, 4.69) is 10.4 Å². The fraction of sp³-hybridized carbons (Fsp3) is 0.182. The number of nitrogens with zero attached hydrogens (tertiary/aromatic N) is 3. The number of aromatic nitrogens is 1. The second kappa shape index (κ2) is 5.02. The highest BCUT2D eigenvalue weighted by Gasteiger charge is 2.32. The highest BCUT2D eigenvalue weighted by molar-refractivity contribution is 6.33. The molecule has 1 aliphatic rings. The molecule has 5 nitrogen and oxygen atoms in total. The zero-order valence-electron chi connectivity index (χ0n) is 9.70. The van der Waals surface area contributed by atoms with Gasteiger partial charge in [0.05, 0.1) is 28.8 Å². The van der Waals surface area contributed by atoms with Gasteiger partial charge >= 0.3 is 6.18 Å². The Balaban J connectivity index is 2.29. The van der Waals surface area contributed by atoms with Gasteiger partial charge in [-0.25, -0.2) is 4.98 Å². The third kappa shape index (κ3) is 2.53. The van der Waals surface area contributed by atoms with Crippen molar-refractivity contribution in [1.82, 2.24) is 10.4 Å². The van der Waals surface area contributed by atoms with E-state index < -0.39 is 11.7 Å². The molecule has 0 bridgehead atoms. The predicted octanol–water partition coefficient (Wildman–Crippen LogP) is 2.05. The number of carbonyl (C=O) groups is 1. The van der Waals surface area contributed by atoms with Crippen LogP contribution in [-0.4, -0.2) is 17.8 Å². The molecule has 0 aliphatic carbocycles. The Kier molecular flexibility index (Phi) is 3.55. The van der Waals surface area contributed by atoms with Gasteiger partial charge in [-0.15, -0.1) is 0 Å². The molecule has 1 aliphatic heterocycles. The third-order valence-corrected chi connectivity index (χ3v) is 2.83. The van der Waals surface area contributed by atoms with Crippen molar-refractivity contribution in [2.75, 3.05) is 11.6 Å². The van der Waals surface area contributed by atoms with Crippen LogP contribution in [-0.2, 0) is 11.0 Å². The monoisotopic (exact) mass is 302 g/mol. The number of pyridine rings is 1. The van der Waals surface area contributed by atoms with Gasteiger partial charge in [0, 0.05) is 6.20 Å². The van der Waals surface area contributed by atoms with E-state index in [1.165, 1.54) is 5.01 Å². The minimum absolute atomic E-state index is 0.00395. The summed E-state index contributed by atoms with van der Waals surface area (Å²) in [6, 6.07) is 2.55. The summed E-state index contributed by atoms with van der Waals surface area (Å²) in [4.78, 5) is 14.3. The van der Waals surface area contributed by atoms with Gasteiger partial charge in [0.2, 0.25) is 0 Å². The van der Waals surface area contributed by atoms with Crippen LogP contribution in [0.3, 0.4) is 0 Å². The van der Waals surface area contributed by atoms with E-state index in [1.54, 1.807) is 0 Å². The Labute approximate surface area is 116 Å². The molecule has 0 saturated heterocycles. The molecule has 0 saturated carbocycles. The molecule has 0 unspecified atom stereocenters. The first-order valence-corrected chi connectivity index (χ1v) is 5.60. The summed E-state index contributed by atoms with van der Waals surface area (Å²) in [7, 11) is 0. The number of nitriles is 1. The molecular weight excluding hydrogens is 297 g/mol. The van der Waals surface area contributed by atoms with Crippen LogP contribution in [0.5, 0.6) is 0 Å². The maximum absolute atomic E-state index is 12.5. The SMILES string of the molecule is N#CC1=C(C=O)NN(c2ncc(C(F)(F)F)cc2Cl)C1. The number of alkyl halides is 3. The molecule has 1 aromatic heterocycles. The van der Waals surface area contributed by atoms with E-state index in [9.17, 15) is 18.0 Å². The van der Waals surface area contributed by atoms with Gasteiger partial charge in [-0.1, -0.05) is 11.6 Å². The van der Waals surface area contributed by atoms with Crippen molar-refractivity contribution in [3.8, 4) is 6.07 Å². The summed E-state index contributed by atoms with van der Waals surface area (Å²) in [5.41, 5.74) is 1.76. The minimum Gasteiger partial charge on any atom is -0.296 e. The Morgan fingerprint density at radius 2 is 2.25 bits per heavy atom. The van der Waals surface area contributed by atoms with Crippen molar-refractivity contribution < 1.29 is 18.0 Å². The summed E-state index contributed by atoms with van der Waals surface area (Å²) in [5.74, 6) is 0.00395. The quantitative estimate of drug-likeness (QED) is 0.847. The van der Waals surface area contributed by atoms with E-state index in [1.807, 2.05) is 6.07 Å². The molecule has 0 fully saturated rings. The number of carbonyl (C=O) groups excluding carboxylic acids is 1. The molecule has 104 valence electrons. The van der Waals surface area contributed by atoms with E-state index in [4.69, 9.17) is 16.9 Å². The van der Waals surface area contributed by atoms with E-state index in [-0.39, 0.29) is 28.7 Å². The molecule has 2 heterocycles. The number of allylic oxidation sites excluding steroid dienone is 1. The number of anilines is 1. The van der Waals surface area contributed by atoms with Gasteiger partial charge in [0.1, 0.15) is 5.70 Å². The maximum atomic E-state index is 12.5. The Hall–Kier alpha value is -2.27. The lowest BCUT2D eigenvalue weighted by molar-refractivity contribution is -0.137. The fourth-order valence-electron chi connectivity index (χ4n) is 1.60. The largest absolute Gasteiger partial charge is 0.417 e. The molecule has 0 spiro atoms. The lowest BCUT2D eigenvalue weighted by Crippen LogP contribution is -2.33. The molecule has 2 rings (SSSR count). The van der Waals surface area contributed by atoms with Crippen molar-refractivity contribution >= 4 is 23.7 Å². The first kappa shape index (κ1) is 14.1. The Bertz CT molecular complexity index is 636. The van der Waals surface area contributed by atoms with Crippen LogP contribution in [0, 0.1) is 11.3 Å². The Morgan fingerprint density at radius 1 is 1.55 bits per heavy atom. The number of hydrogen-bond acceptors (Lipinski definition) is 5. The van der Waals surface area contributed by atoms with Gasteiger partial charge in [-0.3, -0.25) is 15.2 Å². The summed E-state index contributed by atoms with van der Waals surface area (Å²) in [6.07, 6.45) is -3.47. The number of rotatable bonds is 2. The van der Waals surface area contributed by atoms with E-state index >= 15 is 0 Å². The number of nitrogens with one attached hydrogen (secondary N) is 1. The van der Waals surface area contributed by atoms with Gasteiger partial charge in [-0.2, -0.15) is 18.4 Å². The fourth-order valence-corrected chi connectivity index (χ4v) is 1.87. The molecule has 0 atom stereocenters. The van der Waals surface area contributed by atoms with Crippen LogP contribution >= 0.6 is 11.6 Å². The van der Waals surface area contributed by atoms with Crippen molar-refractivity contribution in [3.05, 3.63) is 34.1 Å². The van der Waals surface area contributed by atoms with Crippen molar-refractivity contribution in [3.63, 3.8) is 0 Å². The van der Waals surface area contributed by atoms with Crippen molar-refractivity contribution in [1.29, 1.82) is 5.26 Å². The normalized spacial score (nSPS) is 15.1. The van der Waals surface area contributed by atoms with Gasteiger partial charge in [-0.05, 0) is 6.07 Å². The standard InChI is InChI=1S/C11H6ClF3N4O/c12-8-1-7(11(13,14)15)3-17-10(8)19-4-6(2-16)9(5-20)18-19/h1,3,5,18H,4H2. The first-order valence-electron chi connectivity index (χ1n) is 5.22. The van der Waals surface area contributed by atoms with Gasteiger partial charge in [0.25, 0.3) is 0 Å². The predicted molar refractivity (Wildman–Crippen MR) is 63.4 cm³/mol. The average molecular weight is 303 g/mol.